The normalized spacial score (nSPS) is 11.5. The van der Waals surface area contributed by atoms with E-state index in [0.29, 0.717) is 47.1 Å². The molecule has 0 saturated heterocycles. The Kier molecular flexibility index (Phi) is 6.78. The second-order valence-electron chi connectivity index (χ2n) is 7.40. The lowest BCUT2D eigenvalue weighted by Crippen LogP contribution is -2.36. The molecule has 0 atom stereocenters. The molecule has 0 aliphatic rings. The van der Waals surface area contributed by atoms with E-state index in [4.69, 9.17) is 5.73 Å². The number of nitrogens with zero attached hydrogens (tertiary/aromatic N) is 4. The number of halogens is 4. The first kappa shape index (κ1) is 23.9. The van der Waals surface area contributed by atoms with Crippen molar-refractivity contribution in [3.63, 3.8) is 0 Å². The van der Waals surface area contributed by atoms with Gasteiger partial charge in [-0.1, -0.05) is 12.1 Å². The number of nitrogens with two attached hydrogens (primary N) is 1. The number of fused-ring (bicyclic) bond motifs is 1. The molecule has 0 radical (unpaired) electrons. The van der Waals surface area contributed by atoms with Crippen LogP contribution in [0.5, 0.6) is 0 Å². The number of aromatic nitrogens is 4. The van der Waals surface area contributed by atoms with Crippen LogP contribution in [-0.2, 0) is 0 Å². The van der Waals surface area contributed by atoms with Crippen molar-refractivity contribution >= 4 is 23.2 Å². The molecule has 5 N–H and O–H groups in total. The molecule has 3 heterocycles. The Morgan fingerprint density at radius 3 is 2.69 bits per heavy atom. The van der Waals surface area contributed by atoms with Gasteiger partial charge in [-0.3, -0.25) is 4.40 Å². The maximum atomic E-state index is 13.9. The number of benzene rings is 1. The molecule has 4 rings (SSSR count). The van der Waals surface area contributed by atoms with Crippen LogP contribution in [0.4, 0.5) is 33.9 Å². The molecule has 4 aromatic rings. The zero-order valence-corrected chi connectivity index (χ0v) is 18.1. The topological polar surface area (TPSA) is 122 Å². The van der Waals surface area contributed by atoms with Gasteiger partial charge in [0.1, 0.15) is 12.2 Å². The maximum Gasteiger partial charge on any atom is 0.405 e. The van der Waals surface area contributed by atoms with E-state index in [0.717, 1.165) is 6.20 Å². The van der Waals surface area contributed by atoms with E-state index < -0.39 is 24.6 Å². The number of hydrogen-bond donors (Lipinski definition) is 4. The SMILES string of the molecule is NCCNc1nc(-c2ccn3c(-c4cccc(NC(=O)NCC(F)(F)F)c4)cnc3c2)ncc1F. The van der Waals surface area contributed by atoms with E-state index in [9.17, 15) is 22.4 Å². The van der Waals surface area contributed by atoms with Crippen molar-refractivity contribution in [3.8, 4) is 22.6 Å². The fraction of sp³-hybridized carbons (Fsp3) is 0.182. The highest BCUT2D eigenvalue weighted by molar-refractivity contribution is 5.90. The Morgan fingerprint density at radius 1 is 1.09 bits per heavy atom. The summed E-state index contributed by atoms with van der Waals surface area (Å²) in [4.78, 5) is 24.4. The molecule has 0 bridgehead atoms. The third kappa shape index (κ3) is 5.81. The van der Waals surface area contributed by atoms with Gasteiger partial charge in [0, 0.05) is 36.1 Å². The number of pyridine rings is 1. The van der Waals surface area contributed by atoms with Crippen LogP contribution in [0.2, 0.25) is 0 Å². The first-order valence-electron chi connectivity index (χ1n) is 10.4. The number of carbonyl (C=O) groups is 1. The monoisotopic (exact) mass is 488 g/mol. The third-order valence-electron chi connectivity index (χ3n) is 4.82. The van der Waals surface area contributed by atoms with Gasteiger partial charge < -0.3 is 21.7 Å². The van der Waals surface area contributed by atoms with Crippen LogP contribution in [0.3, 0.4) is 0 Å². The van der Waals surface area contributed by atoms with Crippen LogP contribution >= 0.6 is 0 Å². The summed E-state index contributed by atoms with van der Waals surface area (Å²) in [5.41, 5.74) is 8.28. The van der Waals surface area contributed by atoms with Gasteiger partial charge in [0.15, 0.2) is 17.5 Å². The second-order valence-corrected chi connectivity index (χ2v) is 7.40. The van der Waals surface area contributed by atoms with Crippen LogP contribution in [0.1, 0.15) is 0 Å². The summed E-state index contributed by atoms with van der Waals surface area (Å²) in [5, 5.41) is 6.94. The van der Waals surface area contributed by atoms with Crippen molar-refractivity contribution in [1.82, 2.24) is 24.7 Å². The van der Waals surface area contributed by atoms with E-state index >= 15 is 0 Å². The molecule has 0 spiro atoms. The van der Waals surface area contributed by atoms with Crippen LogP contribution < -0.4 is 21.7 Å². The van der Waals surface area contributed by atoms with E-state index in [2.05, 4.69) is 25.6 Å². The van der Waals surface area contributed by atoms with E-state index in [1.165, 1.54) is 0 Å². The van der Waals surface area contributed by atoms with Gasteiger partial charge in [0.25, 0.3) is 0 Å². The van der Waals surface area contributed by atoms with Gasteiger partial charge in [0.05, 0.1) is 18.1 Å². The minimum absolute atomic E-state index is 0.0490. The maximum absolute atomic E-state index is 13.9. The number of alkyl halides is 3. The molecule has 0 saturated carbocycles. The van der Waals surface area contributed by atoms with Crippen LogP contribution in [0, 0.1) is 5.82 Å². The number of anilines is 2. The summed E-state index contributed by atoms with van der Waals surface area (Å²) in [6.45, 7) is -0.763. The zero-order chi connectivity index (χ0) is 25.0. The molecule has 9 nitrogen and oxygen atoms in total. The van der Waals surface area contributed by atoms with Crippen molar-refractivity contribution in [2.24, 2.45) is 5.73 Å². The Labute approximate surface area is 196 Å². The summed E-state index contributed by atoms with van der Waals surface area (Å²) in [6, 6.07) is 9.10. The minimum atomic E-state index is -4.50. The Bertz CT molecular complexity index is 1360. The van der Waals surface area contributed by atoms with E-state index in [1.54, 1.807) is 58.5 Å². The number of rotatable bonds is 7. The summed E-state index contributed by atoms with van der Waals surface area (Å²) < 4.78 is 52.6. The first-order chi connectivity index (χ1) is 16.7. The molecule has 13 heteroatoms. The molecular formula is C22H20F4N8O. The van der Waals surface area contributed by atoms with Crippen molar-refractivity contribution in [2.75, 3.05) is 30.3 Å². The van der Waals surface area contributed by atoms with Crippen molar-refractivity contribution in [1.29, 1.82) is 0 Å². The summed E-state index contributed by atoms with van der Waals surface area (Å²) >= 11 is 0. The largest absolute Gasteiger partial charge is 0.405 e. The number of hydrogen-bond acceptors (Lipinski definition) is 6. The molecule has 0 aliphatic carbocycles. The Balaban J connectivity index is 1.56. The Hall–Kier alpha value is -4.26. The highest BCUT2D eigenvalue weighted by Crippen LogP contribution is 2.26. The lowest BCUT2D eigenvalue weighted by atomic mass is 10.1. The number of amides is 2. The second kappa shape index (κ2) is 9.93. The van der Waals surface area contributed by atoms with Gasteiger partial charge in [-0.15, -0.1) is 0 Å². The van der Waals surface area contributed by atoms with Crippen LogP contribution in [-0.4, -0.2) is 51.2 Å². The zero-order valence-electron chi connectivity index (χ0n) is 18.1. The number of imidazole rings is 1. The van der Waals surface area contributed by atoms with Crippen molar-refractivity contribution < 1.29 is 22.4 Å². The summed E-state index contributed by atoms with van der Waals surface area (Å²) in [5.74, 6) is -0.242. The van der Waals surface area contributed by atoms with Crippen LogP contribution in [0.15, 0.2) is 55.0 Å². The summed E-state index contributed by atoms with van der Waals surface area (Å²) in [7, 11) is 0. The van der Waals surface area contributed by atoms with E-state index in [-0.39, 0.29) is 5.82 Å². The van der Waals surface area contributed by atoms with Gasteiger partial charge in [0.2, 0.25) is 0 Å². The van der Waals surface area contributed by atoms with Gasteiger partial charge in [-0.25, -0.2) is 24.1 Å². The molecule has 35 heavy (non-hydrogen) atoms. The predicted octanol–water partition coefficient (Wildman–Crippen LogP) is 3.65. The molecule has 0 unspecified atom stereocenters. The van der Waals surface area contributed by atoms with Crippen LogP contribution in [0.25, 0.3) is 28.3 Å². The van der Waals surface area contributed by atoms with Gasteiger partial charge in [-0.2, -0.15) is 13.2 Å². The molecule has 2 amide bonds. The molecule has 1 aromatic carbocycles. The molecular weight excluding hydrogens is 468 g/mol. The van der Waals surface area contributed by atoms with Gasteiger partial charge in [-0.05, 0) is 24.3 Å². The van der Waals surface area contributed by atoms with E-state index in [1.807, 2.05) is 0 Å². The standard InChI is InChI=1S/C22H20F4N8O/c23-16-10-30-19(33-20(16)28-6-5-27)14-4-7-34-17(11-29-18(34)9-14)13-2-1-3-15(8-13)32-21(35)31-12-22(24,25)26/h1-4,7-11H,5-6,12,27H2,(H,28,30,33)(H2,31,32,35). The molecule has 182 valence electrons. The predicted molar refractivity (Wildman–Crippen MR) is 122 cm³/mol. The fourth-order valence-electron chi connectivity index (χ4n) is 3.27. The quantitative estimate of drug-likeness (QED) is 0.295. The average molecular weight is 488 g/mol. The number of nitrogens with one attached hydrogen (secondary N) is 3. The molecule has 0 fully saturated rings. The van der Waals surface area contributed by atoms with Gasteiger partial charge >= 0.3 is 12.2 Å². The Morgan fingerprint density at radius 2 is 1.91 bits per heavy atom. The number of urea groups is 1. The highest BCUT2D eigenvalue weighted by Gasteiger charge is 2.27. The smallest absolute Gasteiger partial charge is 0.366 e. The minimum Gasteiger partial charge on any atom is -0.366 e. The lowest BCUT2D eigenvalue weighted by Gasteiger charge is -2.11. The molecule has 3 aromatic heterocycles. The fourth-order valence-corrected chi connectivity index (χ4v) is 3.27. The highest BCUT2D eigenvalue weighted by atomic mass is 19.4. The first-order valence-corrected chi connectivity index (χ1v) is 10.4. The van der Waals surface area contributed by atoms with Crippen molar-refractivity contribution in [3.05, 3.63) is 60.8 Å². The lowest BCUT2D eigenvalue weighted by molar-refractivity contribution is -0.122. The average Bonchev–Trinajstić information content (AvgIpc) is 3.25. The number of carbonyl (C=O) groups excluding carboxylic acids is 1. The molecule has 0 aliphatic heterocycles. The third-order valence-corrected chi connectivity index (χ3v) is 4.82. The van der Waals surface area contributed by atoms with Crippen molar-refractivity contribution in [2.45, 2.75) is 6.18 Å². The summed E-state index contributed by atoms with van der Waals surface area (Å²) in [6.07, 6.45) is -0.0770.